The molecule has 2 bridgehead atoms. The van der Waals surface area contributed by atoms with Crippen LogP contribution in [0.1, 0.15) is 33.6 Å². The molecule has 3 aliphatic heterocycles. The van der Waals surface area contributed by atoms with Crippen LogP contribution in [0.2, 0.25) is 0 Å². The molecule has 8 nitrogen and oxygen atoms in total. The summed E-state index contributed by atoms with van der Waals surface area (Å²) in [4.78, 5) is 49.7. The van der Waals surface area contributed by atoms with Crippen molar-refractivity contribution in [2.45, 2.75) is 55.7 Å². The van der Waals surface area contributed by atoms with E-state index in [0.29, 0.717) is 36.6 Å². The van der Waals surface area contributed by atoms with Gasteiger partial charge >= 0.3 is 0 Å². The minimum Gasteiger partial charge on any atom is -0.494 e. The number of carbonyl (C=O) groups is 3. The van der Waals surface area contributed by atoms with Gasteiger partial charge in [-0.15, -0.1) is 24.9 Å². The minimum atomic E-state index is -0.861. The van der Waals surface area contributed by atoms with Crippen molar-refractivity contribution in [1.29, 1.82) is 0 Å². The first-order valence-electron chi connectivity index (χ1n) is 16.9. The van der Waals surface area contributed by atoms with Crippen molar-refractivity contribution < 1.29 is 24.2 Å². The Labute approximate surface area is 287 Å². The molecular formula is C39H45N3O5S. The summed E-state index contributed by atoms with van der Waals surface area (Å²) in [5.41, 5.74) is 1.41. The molecule has 3 amide bonds. The molecule has 0 radical (unpaired) electrons. The Hall–Kier alpha value is -4.08. The molecule has 0 saturated carbocycles. The normalized spacial score (nSPS) is 26.3. The highest BCUT2D eigenvalue weighted by Gasteiger charge is 2.77. The molecule has 3 fully saturated rings. The number of anilines is 2. The van der Waals surface area contributed by atoms with Crippen molar-refractivity contribution in [2.24, 2.45) is 17.8 Å². The van der Waals surface area contributed by atoms with Crippen LogP contribution in [-0.4, -0.2) is 76.1 Å². The Morgan fingerprint density at radius 3 is 2.27 bits per heavy atom. The van der Waals surface area contributed by atoms with E-state index in [2.05, 4.69) is 20.1 Å². The van der Waals surface area contributed by atoms with E-state index in [-0.39, 0.29) is 48.6 Å². The van der Waals surface area contributed by atoms with Crippen LogP contribution in [0, 0.1) is 17.8 Å². The Balaban J connectivity index is 1.43. The van der Waals surface area contributed by atoms with Gasteiger partial charge in [-0.1, -0.05) is 56.3 Å². The third-order valence-electron chi connectivity index (χ3n) is 10.4. The molecule has 0 aromatic heterocycles. The third kappa shape index (κ3) is 5.41. The van der Waals surface area contributed by atoms with Crippen LogP contribution in [0.4, 0.5) is 11.4 Å². The Bertz CT molecular complexity index is 1710. The highest BCUT2D eigenvalue weighted by Crippen LogP contribution is 2.69. The maximum absolute atomic E-state index is 15.1. The van der Waals surface area contributed by atoms with Crippen LogP contribution in [-0.2, 0) is 14.4 Å². The number of nitrogens with zero attached hydrogens (tertiary/aromatic N) is 3. The van der Waals surface area contributed by atoms with E-state index >= 15 is 4.79 Å². The lowest BCUT2D eigenvalue weighted by Gasteiger charge is -2.42. The lowest BCUT2D eigenvalue weighted by atomic mass is 9.65. The van der Waals surface area contributed by atoms with Gasteiger partial charge in [-0.05, 0) is 72.9 Å². The van der Waals surface area contributed by atoms with E-state index < -0.39 is 28.7 Å². The lowest BCUT2D eigenvalue weighted by Crippen LogP contribution is -2.59. The molecule has 0 aliphatic carbocycles. The topological polar surface area (TPSA) is 90.4 Å². The standard InChI is InChI=1S/C39H45N3O5S/c1-6-20-40(29-16-18-31(19-17-29)47-9-4)36(44)33-32-22-25(5)39(48-32)34(33)37(45)42(28(8-3)24-43)35(39)38(46)41(21-7-2)30-15-14-26-12-10-11-13-27(26)23-30/h6-7,10-19,23,25,28,32-35,43H,1-2,8-9,20-22,24H2,3-5H3/t25?,28-,32+,33-,34-,35?,39?/m0/s1. The fourth-order valence-corrected chi connectivity index (χ4v) is 10.7. The zero-order valence-corrected chi connectivity index (χ0v) is 28.8. The fourth-order valence-electron chi connectivity index (χ4n) is 8.29. The van der Waals surface area contributed by atoms with E-state index in [4.69, 9.17) is 4.74 Å². The Morgan fingerprint density at radius 1 is 1.00 bits per heavy atom. The number of rotatable bonds is 13. The Morgan fingerprint density at radius 2 is 1.65 bits per heavy atom. The van der Waals surface area contributed by atoms with Crippen molar-refractivity contribution in [2.75, 3.05) is 36.1 Å². The van der Waals surface area contributed by atoms with Gasteiger partial charge in [0, 0.05) is 29.7 Å². The van der Waals surface area contributed by atoms with Gasteiger partial charge in [0.25, 0.3) is 5.91 Å². The summed E-state index contributed by atoms with van der Waals surface area (Å²) in [7, 11) is 0. The maximum atomic E-state index is 15.1. The number of fused-ring (bicyclic) bond motifs is 2. The van der Waals surface area contributed by atoms with Crippen molar-refractivity contribution in [1.82, 2.24) is 4.90 Å². The fraction of sp³-hybridized carbons (Fsp3) is 0.410. The van der Waals surface area contributed by atoms with E-state index in [0.717, 1.165) is 10.8 Å². The second kappa shape index (κ2) is 13.8. The first-order valence-corrected chi connectivity index (χ1v) is 17.8. The molecule has 7 atom stereocenters. The predicted molar refractivity (Wildman–Crippen MR) is 193 cm³/mol. The molecule has 3 aliphatic rings. The van der Waals surface area contributed by atoms with Gasteiger partial charge < -0.3 is 24.5 Å². The monoisotopic (exact) mass is 667 g/mol. The average molecular weight is 668 g/mol. The highest BCUT2D eigenvalue weighted by atomic mass is 32.2. The van der Waals surface area contributed by atoms with Gasteiger partial charge in [0.15, 0.2) is 0 Å². The molecule has 3 unspecified atom stereocenters. The smallest absolute Gasteiger partial charge is 0.251 e. The first kappa shape index (κ1) is 33.8. The number of amides is 3. The van der Waals surface area contributed by atoms with Crippen molar-refractivity contribution in [3.05, 3.63) is 92.0 Å². The summed E-state index contributed by atoms with van der Waals surface area (Å²) < 4.78 is 4.79. The molecule has 3 aromatic carbocycles. The lowest BCUT2D eigenvalue weighted by molar-refractivity contribution is -0.142. The van der Waals surface area contributed by atoms with Crippen LogP contribution in [0.5, 0.6) is 5.75 Å². The van der Waals surface area contributed by atoms with E-state index in [1.807, 2.05) is 80.6 Å². The van der Waals surface area contributed by atoms with E-state index in [9.17, 15) is 14.7 Å². The quantitative estimate of drug-likeness (QED) is 0.222. The summed E-state index contributed by atoms with van der Waals surface area (Å²) in [6.45, 7) is 14.6. The van der Waals surface area contributed by atoms with Gasteiger partial charge in [-0.3, -0.25) is 14.4 Å². The number of likely N-dealkylation sites (tertiary alicyclic amines) is 1. The van der Waals surface area contributed by atoms with Crippen LogP contribution in [0.3, 0.4) is 0 Å². The van der Waals surface area contributed by atoms with E-state index in [1.54, 1.807) is 38.6 Å². The number of aliphatic hydroxyl groups is 1. The summed E-state index contributed by atoms with van der Waals surface area (Å²) in [6.07, 6.45) is 4.58. The second-order valence-corrected chi connectivity index (χ2v) is 14.5. The molecular weight excluding hydrogens is 623 g/mol. The molecule has 3 heterocycles. The summed E-state index contributed by atoms with van der Waals surface area (Å²) in [6, 6.07) is 19.9. The van der Waals surface area contributed by atoms with Crippen LogP contribution in [0.25, 0.3) is 10.8 Å². The molecule has 9 heteroatoms. The van der Waals surface area contributed by atoms with Crippen LogP contribution >= 0.6 is 11.8 Å². The summed E-state index contributed by atoms with van der Waals surface area (Å²) >= 11 is 1.64. The van der Waals surface area contributed by atoms with Gasteiger partial charge in [0.05, 0.1) is 35.8 Å². The molecule has 48 heavy (non-hydrogen) atoms. The molecule has 6 rings (SSSR count). The van der Waals surface area contributed by atoms with Crippen molar-refractivity contribution in [3.63, 3.8) is 0 Å². The number of thioether (sulfide) groups is 1. The average Bonchev–Trinajstić information content (AvgIpc) is 3.70. The van der Waals surface area contributed by atoms with Gasteiger partial charge in [0.2, 0.25) is 11.8 Å². The third-order valence-corrected chi connectivity index (χ3v) is 12.5. The second-order valence-electron chi connectivity index (χ2n) is 13.0. The molecule has 3 saturated heterocycles. The van der Waals surface area contributed by atoms with Crippen LogP contribution in [0.15, 0.2) is 92.0 Å². The highest BCUT2D eigenvalue weighted by molar-refractivity contribution is 8.02. The summed E-state index contributed by atoms with van der Waals surface area (Å²) in [5, 5.41) is 12.5. The number of hydrogen-bond acceptors (Lipinski definition) is 6. The minimum absolute atomic E-state index is 0.0128. The largest absolute Gasteiger partial charge is 0.494 e. The van der Waals surface area contributed by atoms with Crippen molar-refractivity contribution in [3.8, 4) is 5.75 Å². The van der Waals surface area contributed by atoms with Crippen LogP contribution < -0.4 is 14.5 Å². The number of hydrogen-bond donors (Lipinski definition) is 1. The van der Waals surface area contributed by atoms with Gasteiger partial charge in [0.1, 0.15) is 11.8 Å². The van der Waals surface area contributed by atoms with Gasteiger partial charge in [-0.25, -0.2) is 0 Å². The molecule has 3 aromatic rings. The van der Waals surface area contributed by atoms with Gasteiger partial charge in [-0.2, -0.15) is 0 Å². The Kier molecular flexibility index (Phi) is 9.72. The number of benzene rings is 3. The first-order chi connectivity index (χ1) is 23.2. The number of carbonyl (C=O) groups excluding carboxylic acids is 3. The zero-order valence-electron chi connectivity index (χ0n) is 28.0. The number of ether oxygens (including phenoxy) is 1. The molecule has 1 spiro atoms. The number of aliphatic hydroxyl groups excluding tert-OH is 1. The predicted octanol–water partition coefficient (Wildman–Crippen LogP) is 6.08. The zero-order chi connectivity index (χ0) is 34.2. The maximum Gasteiger partial charge on any atom is 0.251 e. The van der Waals surface area contributed by atoms with E-state index in [1.165, 1.54) is 0 Å². The summed E-state index contributed by atoms with van der Waals surface area (Å²) in [5.74, 6) is -1.23. The SMILES string of the molecule is C=CCN(C(=O)C1N([C@@H](CC)CO)C(=O)[C@@H]2[C@@H](C(=O)N(CC=C)c3ccc(OCC)cc3)[C@H]3CC(C)C12S3)c1ccc2ccccc2c1. The van der Waals surface area contributed by atoms with Crippen molar-refractivity contribution >= 4 is 51.6 Å². The molecule has 252 valence electrons. The molecule has 1 N–H and O–H groups in total.